The van der Waals surface area contributed by atoms with E-state index in [1.165, 1.54) is 16.9 Å². The molecule has 1 aromatic carbocycles. The molecule has 2 heterocycles. The maximum absolute atomic E-state index is 11.5. The molecule has 3 N–H and O–H groups in total. The first-order valence-electron chi connectivity index (χ1n) is 11.3. The van der Waals surface area contributed by atoms with Gasteiger partial charge in [0.1, 0.15) is 17.9 Å². The number of fused-ring (bicyclic) bond motifs is 1. The number of aldehydes is 1. The van der Waals surface area contributed by atoms with Crippen molar-refractivity contribution in [2.75, 3.05) is 39.0 Å². The zero-order valence-electron chi connectivity index (χ0n) is 19.3. The lowest BCUT2D eigenvalue weighted by Gasteiger charge is -2.34. The van der Waals surface area contributed by atoms with Gasteiger partial charge in [0, 0.05) is 56.6 Å². The van der Waals surface area contributed by atoms with Gasteiger partial charge in [0.25, 0.3) is 0 Å². The second-order valence-corrected chi connectivity index (χ2v) is 8.69. The van der Waals surface area contributed by atoms with Crippen molar-refractivity contribution in [1.82, 2.24) is 20.1 Å². The van der Waals surface area contributed by atoms with Gasteiger partial charge in [-0.1, -0.05) is 30.7 Å². The first kappa shape index (κ1) is 22.8. The Balaban J connectivity index is 1.43. The van der Waals surface area contributed by atoms with Crippen LogP contribution in [0, 0.1) is 5.92 Å². The summed E-state index contributed by atoms with van der Waals surface area (Å²) >= 11 is 0. The highest BCUT2D eigenvalue weighted by Crippen LogP contribution is 2.20. The number of benzene rings is 1. The summed E-state index contributed by atoms with van der Waals surface area (Å²) in [7, 11) is 4.26. The van der Waals surface area contributed by atoms with Crippen LogP contribution in [-0.2, 0) is 4.79 Å². The quantitative estimate of drug-likeness (QED) is 0.353. The van der Waals surface area contributed by atoms with E-state index in [0.717, 1.165) is 50.0 Å². The van der Waals surface area contributed by atoms with Gasteiger partial charge in [0.05, 0.1) is 5.70 Å². The molecule has 1 unspecified atom stereocenters. The number of anilines is 1. The van der Waals surface area contributed by atoms with Gasteiger partial charge in [-0.2, -0.15) is 0 Å². The number of aromatic amines is 1. The van der Waals surface area contributed by atoms with E-state index in [4.69, 9.17) is 0 Å². The van der Waals surface area contributed by atoms with Crippen molar-refractivity contribution >= 4 is 23.0 Å². The molecule has 6 heteroatoms. The van der Waals surface area contributed by atoms with Crippen LogP contribution in [0.3, 0.4) is 0 Å². The predicted molar refractivity (Wildman–Crippen MR) is 130 cm³/mol. The molecular weight excluding hydrogens is 386 g/mol. The maximum Gasteiger partial charge on any atom is 0.125 e. The van der Waals surface area contributed by atoms with Gasteiger partial charge in [-0.05, 0) is 44.9 Å². The van der Waals surface area contributed by atoms with Crippen molar-refractivity contribution in [2.45, 2.75) is 39.2 Å². The lowest BCUT2D eigenvalue weighted by Crippen LogP contribution is -2.38. The van der Waals surface area contributed by atoms with E-state index in [0.29, 0.717) is 12.6 Å². The van der Waals surface area contributed by atoms with Gasteiger partial charge in [0.2, 0.25) is 0 Å². The molecule has 1 aliphatic heterocycles. The number of hydrogen-bond donors (Lipinski definition) is 3. The smallest absolute Gasteiger partial charge is 0.125 e. The summed E-state index contributed by atoms with van der Waals surface area (Å²) in [4.78, 5) is 19.5. The second-order valence-electron chi connectivity index (χ2n) is 8.69. The van der Waals surface area contributed by atoms with E-state index in [9.17, 15) is 4.79 Å². The Morgan fingerprint density at radius 3 is 2.77 bits per heavy atom. The largest absolute Gasteiger partial charge is 0.371 e. The van der Waals surface area contributed by atoms with Gasteiger partial charge >= 0.3 is 0 Å². The molecule has 168 valence electrons. The predicted octanol–water partition coefficient (Wildman–Crippen LogP) is 4.17. The zero-order valence-corrected chi connectivity index (χ0v) is 19.3. The molecule has 1 atom stereocenters. The van der Waals surface area contributed by atoms with Crippen molar-refractivity contribution in [3.05, 3.63) is 54.0 Å². The number of H-pyrrole nitrogens is 1. The fourth-order valence-electron chi connectivity index (χ4n) is 3.84. The molecule has 1 aromatic heterocycles. The third-order valence-electron chi connectivity index (χ3n) is 6.01. The summed E-state index contributed by atoms with van der Waals surface area (Å²) in [6.45, 7) is 6.90. The van der Waals surface area contributed by atoms with E-state index in [2.05, 4.69) is 83.7 Å². The van der Waals surface area contributed by atoms with Crippen LogP contribution < -0.4 is 10.6 Å². The molecule has 0 saturated carbocycles. The summed E-state index contributed by atoms with van der Waals surface area (Å²) < 4.78 is 0. The Hall–Kier alpha value is -2.89. The topological polar surface area (TPSA) is 63.4 Å². The van der Waals surface area contributed by atoms with Crippen molar-refractivity contribution in [1.29, 1.82) is 0 Å². The molecule has 0 radical (unpaired) electrons. The van der Waals surface area contributed by atoms with E-state index >= 15 is 0 Å². The highest BCUT2D eigenvalue weighted by Gasteiger charge is 2.17. The Morgan fingerprint density at radius 1 is 1.23 bits per heavy atom. The van der Waals surface area contributed by atoms with Gasteiger partial charge in [-0.3, -0.25) is 0 Å². The van der Waals surface area contributed by atoms with Crippen molar-refractivity contribution < 1.29 is 4.79 Å². The van der Waals surface area contributed by atoms with Crippen LogP contribution in [0.5, 0.6) is 0 Å². The monoisotopic (exact) mass is 423 g/mol. The molecule has 0 amide bonds. The third-order valence-corrected chi connectivity index (χ3v) is 6.01. The number of carbonyl (C=O) groups is 1. The molecule has 0 aliphatic carbocycles. The van der Waals surface area contributed by atoms with Crippen LogP contribution in [0.1, 0.15) is 33.1 Å². The maximum atomic E-state index is 11.5. The Labute approximate surface area is 186 Å². The summed E-state index contributed by atoms with van der Waals surface area (Å²) in [6.07, 6.45) is 8.45. The summed E-state index contributed by atoms with van der Waals surface area (Å²) in [5.41, 5.74) is 2.34. The number of allylic oxidation sites excluding steroid dienone is 1. The molecule has 6 nitrogen and oxygen atoms in total. The molecule has 0 bridgehead atoms. The molecule has 1 aliphatic rings. The van der Waals surface area contributed by atoms with Crippen LogP contribution in [0.15, 0.2) is 54.0 Å². The van der Waals surface area contributed by atoms with Gasteiger partial charge in [-0.25, -0.2) is 0 Å². The van der Waals surface area contributed by atoms with Crippen molar-refractivity contribution in [3.8, 4) is 0 Å². The number of para-hydroxylation sites is 1. The molecule has 2 aromatic rings. The average molecular weight is 424 g/mol. The molecule has 31 heavy (non-hydrogen) atoms. The van der Waals surface area contributed by atoms with E-state index in [1.54, 1.807) is 0 Å². The average Bonchev–Trinajstić information content (AvgIpc) is 3.18. The lowest BCUT2D eigenvalue weighted by atomic mass is 10.0. The van der Waals surface area contributed by atoms with Gasteiger partial charge < -0.3 is 30.2 Å². The van der Waals surface area contributed by atoms with Crippen molar-refractivity contribution in [2.24, 2.45) is 5.92 Å². The molecule has 0 fully saturated rings. The third kappa shape index (κ3) is 6.06. The first-order valence-corrected chi connectivity index (χ1v) is 11.3. The Morgan fingerprint density at radius 2 is 2.03 bits per heavy atom. The van der Waals surface area contributed by atoms with Crippen LogP contribution in [-0.4, -0.2) is 60.8 Å². The minimum atomic E-state index is 0.0218. The first-order chi connectivity index (χ1) is 15.0. The zero-order chi connectivity index (χ0) is 22.2. The minimum absolute atomic E-state index is 0.0218. The van der Waals surface area contributed by atoms with E-state index < -0.39 is 0 Å². The van der Waals surface area contributed by atoms with Crippen LogP contribution in [0.4, 0.5) is 5.82 Å². The summed E-state index contributed by atoms with van der Waals surface area (Å²) in [5.74, 6) is 2.18. The number of hydrogen-bond acceptors (Lipinski definition) is 5. The van der Waals surface area contributed by atoms with E-state index in [-0.39, 0.29) is 5.92 Å². The second kappa shape index (κ2) is 10.9. The number of likely N-dealkylation sites (N-methyl/N-ethyl adjacent to an activating group) is 2. The number of nitrogens with one attached hydrogen (secondary N) is 3. The van der Waals surface area contributed by atoms with Crippen LogP contribution >= 0.6 is 0 Å². The Bertz CT molecular complexity index is 881. The van der Waals surface area contributed by atoms with Crippen LogP contribution in [0.2, 0.25) is 0 Å². The molecule has 0 spiro atoms. The molecular formula is C25H37N5O. The SMILES string of the molecule is CC(C)N(C)C1=C(NCCCCC(C=O)CNc2cc3ccccc3[nH]2)N(C)CC=C1. The van der Waals surface area contributed by atoms with Gasteiger partial charge in [0.15, 0.2) is 0 Å². The Kier molecular flexibility index (Phi) is 8.04. The summed E-state index contributed by atoms with van der Waals surface area (Å²) in [5, 5.41) is 8.19. The number of aromatic nitrogens is 1. The highest BCUT2D eigenvalue weighted by molar-refractivity contribution is 5.83. The fourth-order valence-corrected chi connectivity index (χ4v) is 3.84. The summed E-state index contributed by atoms with van der Waals surface area (Å²) in [6, 6.07) is 10.7. The van der Waals surface area contributed by atoms with Crippen LogP contribution in [0.25, 0.3) is 10.9 Å². The number of unbranched alkanes of at least 4 members (excludes halogenated alkanes) is 1. The van der Waals surface area contributed by atoms with Gasteiger partial charge in [-0.15, -0.1) is 0 Å². The normalized spacial score (nSPS) is 14.9. The van der Waals surface area contributed by atoms with E-state index in [1.807, 2.05) is 12.1 Å². The lowest BCUT2D eigenvalue weighted by molar-refractivity contribution is -0.110. The molecule has 0 saturated heterocycles. The standard InChI is InChI=1S/C25H37N5O/c1-19(2)30(4)23-13-9-15-29(3)25(23)26-14-8-7-10-20(18-31)17-27-24-16-21-11-5-6-12-22(21)28-24/h5-6,9,11-13,16,18-20,26-28H,7-8,10,14-15,17H2,1-4H3. The number of rotatable bonds is 12. The number of carbonyl (C=O) groups excluding carboxylic acids is 1. The van der Waals surface area contributed by atoms with Crippen molar-refractivity contribution in [3.63, 3.8) is 0 Å². The minimum Gasteiger partial charge on any atom is -0.371 e. The number of nitrogens with zero attached hydrogens (tertiary/aromatic N) is 2. The molecule has 3 rings (SSSR count). The fraction of sp³-hybridized carbons (Fsp3) is 0.480. The highest BCUT2D eigenvalue weighted by atomic mass is 16.1.